The van der Waals surface area contributed by atoms with Crippen molar-refractivity contribution in [3.8, 4) is 0 Å². The summed E-state index contributed by atoms with van der Waals surface area (Å²) in [4.78, 5) is 0. The first-order chi connectivity index (χ1) is 8.88. The van der Waals surface area contributed by atoms with E-state index in [1.165, 1.54) is 77.2 Å². The van der Waals surface area contributed by atoms with Crippen LogP contribution in [0.5, 0.6) is 0 Å². The van der Waals surface area contributed by atoms with Gasteiger partial charge in [-0.3, -0.25) is 0 Å². The SMILES string of the molecule is CCC1CCCC(NCCC2=CCCCC2)CC1. The minimum Gasteiger partial charge on any atom is -0.314 e. The van der Waals surface area contributed by atoms with E-state index in [0.717, 1.165) is 12.0 Å². The zero-order valence-corrected chi connectivity index (χ0v) is 12.2. The Balaban J connectivity index is 1.62. The van der Waals surface area contributed by atoms with Crippen LogP contribution in [-0.2, 0) is 0 Å². The van der Waals surface area contributed by atoms with Crippen LogP contribution in [-0.4, -0.2) is 12.6 Å². The van der Waals surface area contributed by atoms with Crippen molar-refractivity contribution < 1.29 is 0 Å². The van der Waals surface area contributed by atoms with Crippen LogP contribution in [0.2, 0.25) is 0 Å². The predicted octanol–water partition coefficient (Wildman–Crippen LogP) is 4.83. The largest absolute Gasteiger partial charge is 0.314 e. The third kappa shape index (κ3) is 4.76. The maximum absolute atomic E-state index is 3.81. The van der Waals surface area contributed by atoms with E-state index in [1.54, 1.807) is 5.57 Å². The second kappa shape index (κ2) is 7.99. The van der Waals surface area contributed by atoms with Crippen LogP contribution in [0.3, 0.4) is 0 Å². The number of hydrogen-bond donors (Lipinski definition) is 1. The molecule has 104 valence electrons. The molecule has 0 heterocycles. The lowest BCUT2D eigenvalue weighted by molar-refractivity contribution is 0.426. The first kappa shape index (κ1) is 14.1. The molecule has 2 aliphatic carbocycles. The molecule has 18 heavy (non-hydrogen) atoms. The van der Waals surface area contributed by atoms with Crippen molar-refractivity contribution in [2.24, 2.45) is 5.92 Å². The Kier molecular flexibility index (Phi) is 6.26. The monoisotopic (exact) mass is 249 g/mol. The molecule has 0 aromatic rings. The van der Waals surface area contributed by atoms with Crippen molar-refractivity contribution in [2.75, 3.05) is 6.54 Å². The molecule has 2 rings (SSSR count). The van der Waals surface area contributed by atoms with Crippen LogP contribution >= 0.6 is 0 Å². The summed E-state index contributed by atoms with van der Waals surface area (Å²) in [5.74, 6) is 1.01. The summed E-state index contributed by atoms with van der Waals surface area (Å²) >= 11 is 0. The van der Waals surface area contributed by atoms with E-state index in [0.29, 0.717) is 0 Å². The van der Waals surface area contributed by atoms with Crippen molar-refractivity contribution in [3.63, 3.8) is 0 Å². The standard InChI is InChI=1S/C17H31N/c1-2-15-9-6-10-17(12-11-15)18-14-13-16-7-4-3-5-8-16/h7,15,17-18H,2-6,8-14H2,1H3. The van der Waals surface area contributed by atoms with Crippen LogP contribution in [0.4, 0.5) is 0 Å². The van der Waals surface area contributed by atoms with Gasteiger partial charge in [0, 0.05) is 6.04 Å². The number of hydrogen-bond acceptors (Lipinski definition) is 1. The van der Waals surface area contributed by atoms with Crippen molar-refractivity contribution in [2.45, 2.75) is 83.6 Å². The van der Waals surface area contributed by atoms with E-state index < -0.39 is 0 Å². The van der Waals surface area contributed by atoms with Gasteiger partial charge in [0.25, 0.3) is 0 Å². The Labute approximate surface area is 113 Å². The second-order valence-corrected chi connectivity index (χ2v) is 6.29. The lowest BCUT2D eigenvalue weighted by Gasteiger charge is -2.18. The minimum absolute atomic E-state index is 0.811. The van der Waals surface area contributed by atoms with Crippen LogP contribution in [0.25, 0.3) is 0 Å². The first-order valence-electron chi connectivity index (χ1n) is 8.29. The van der Waals surface area contributed by atoms with Crippen LogP contribution in [0, 0.1) is 5.92 Å². The van der Waals surface area contributed by atoms with Gasteiger partial charge in [-0.25, -0.2) is 0 Å². The molecule has 1 fully saturated rings. The zero-order valence-electron chi connectivity index (χ0n) is 12.2. The maximum Gasteiger partial charge on any atom is 0.00672 e. The van der Waals surface area contributed by atoms with Gasteiger partial charge in [0.05, 0.1) is 0 Å². The average molecular weight is 249 g/mol. The lowest BCUT2D eigenvalue weighted by atomic mass is 9.97. The molecule has 0 aromatic carbocycles. The molecule has 2 aliphatic rings. The van der Waals surface area contributed by atoms with Crippen molar-refractivity contribution in [1.29, 1.82) is 0 Å². The van der Waals surface area contributed by atoms with Gasteiger partial charge in [0.2, 0.25) is 0 Å². The molecule has 2 unspecified atom stereocenters. The smallest absolute Gasteiger partial charge is 0.00672 e. The van der Waals surface area contributed by atoms with Gasteiger partial charge in [-0.1, -0.05) is 37.8 Å². The molecule has 1 heteroatoms. The van der Waals surface area contributed by atoms with Gasteiger partial charge < -0.3 is 5.32 Å². The first-order valence-corrected chi connectivity index (χ1v) is 8.29. The Morgan fingerprint density at radius 2 is 2.06 bits per heavy atom. The Morgan fingerprint density at radius 1 is 1.11 bits per heavy atom. The highest BCUT2D eigenvalue weighted by molar-refractivity contribution is 5.05. The van der Waals surface area contributed by atoms with Crippen molar-refractivity contribution in [3.05, 3.63) is 11.6 Å². The molecule has 2 atom stereocenters. The molecule has 1 saturated carbocycles. The van der Waals surface area contributed by atoms with Gasteiger partial charge in [-0.05, 0) is 63.8 Å². The number of nitrogens with one attached hydrogen (secondary N) is 1. The van der Waals surface area contributed by atoms with E-state index in [4.69, 9.17) is 0 Å². The molecule has 0 aliphatic heterocycles. The summed E-state index contributed by atoms with van der Waals surface area (Å²) in [6, 6.07) is 0.811. The van der Waals surface area contributed by atoms with Gasteiger partial charge >= 0.3 is 0 Å². The molecule has 0 aromatic heterocycles. The predicted molar refractivity (Wildman–Crippen MR) is 79.8 cm³/mol. The molecular formula is C17H31N. The molecular weight excluding hydrogens is 218 g/mol. The van der Waals surface area contributed by atoms with Gasteiger partial charge in [0.15, 0.2) is 0 Å². The molecule has 0 saturated heterocycles. The van der Waals surface area contributed by atoms with Crippen LogP contribution in [0.15, 0.2) is 11.6 Å². The Bertz CT molecular complexity index is 256. The highest BCUT2D eigenvalue weighted by atomic mass is 14.9. The molecule has 0 bridgehead atoms. The van der Waals surface area contributed by atoms with E-state index in [1.807, 2.05) is 0 Å². The van der Waals surface area contributed by atoms with Gasteiger partial charge in [-0.15, -0.1) is 0 Å². The quantitative estimate of drug-likeness (QED) is 0.544. The maximum atomic E-state index is 3.81. The third-order valence-corrected chi connectivity index (χ3v) is 4.93. The van der Waals surface area contributed by atoms with Crippen molar-refractivity contribution >= 4 is 0 Å². The molecule has 1 N–H and O–H groups in total. The molecule has 1 nitrogen and oxygen atoms in total. The van der Waals surface area contributed by atoms with Gasteiger partial charge in [-0.2, -0.15) is 0 Å². The second-order valence-electron chi connectivity index (χ2n) is 6.29. The van der Waals surface area contributed by atoms with Crippen LogP contribution < -0.4 is 5.32 Å². The fraction of sp³-hybridized carbons (Fsp3) is 0.882. The Hall–Kier alpha value is -0.300. The summed E-state index contributed by atoms with van der Waals surface area (Å²) in [5.41, 5.74) is 1.72. The summed E-state index contributed by atoms with van der Waals surface area (Å²) in [5, 5.41) is 3.81. The van der Waals surface area contributed by atoms with E-state index in [-0.39, 0.29) is 0 Å². The Morgan fingerprint density at radius 3 is 2.83 bits per heavy atom. The lowest BCUT2D eigenvalue weighted by Crippen LogP contribution is -2.29. The fourth-order valence-electron chi connectivity index (χ4n) is 3.56. The number of rotatable bonds is 5. The summed E-state index contributed by atoms with van der Waals surface area (Å²) in [7, 11) is 0. The summed E-state index contributed by atoms with van der Waals surface area (Å²) < 4.78 is 0. The van der Waals surface area contributed by atoms with Crippen molar-refractivity contribution in [1.82, 2.24) is 5.32 Å². The summed E-state index contributed by atoms with van der Waals surface area (Å²) in [6.07, 6.45) is 17.9. The minimum atomic E-state index is 0.811. The molecule has 0 spiro atoms. The highest BCUT2D eigenvalue weighted by Crippen LogP contribution is 2.25. The third-order valence-electron chi connectivity index (χ3n) is 4.93. The van der Waals surface area contributed by atoms with E-state index in [2.05, 4.69) is 18.3 Å². The van der Waals surface area contributed by atoms with Gasteiger partial charge in [0.1, 0.15) is 0 Å². The average Bonchev–Trinajstić information content (AvgIpc) is 2.65. The van der Waals surface area contributed by atoms with E-state index >= 15 is 0 Å². The van der Waals surface area contributed by atoms with E-state index in [9.17, 15) is 0 Å². The fourth-order valence-corrected chi connectivity index (χ4v) is 3.56. The zero-order chi connectivity index (χ0) is 12.6. The topological polar surface area (TPSA) is 12.0 Å². The molecule has 0 amide bonds. The summed E-state index contributed by atoms with van der Waals surface area (Å²) in [6.45, 7) is 3.57. The molecule has 0 radical (unpaired) electrons. The van der Waals surface area contributed by atoms with Crippen LogP contribution in [0.1, 0.15) is 77.6 Å². The number of allylic oxidation sites excluding steroid dienone is 1. The highest BCUT2D eigenvalue weighted by Gasteiger charge is 2.17. The normalized spacial score (nSPS) is 29.7.